The molecular weight excluding hydrogens is 404 g/mol. The van der Waals surface area contributed by atoms with Gasteiger partial charge in [-0.05, 0) is 62.4 Å². The van der Waals surface area contributed by atoms with Crippen LogP contribution in [0.2, 0.25) is 5.02 Å². The van der Waals surface area contributed by atoms with Crippen molar-refractivity contribution in [2.45, 2.75) is 26.7 Å². The second-order valence-electron chi connectivity index (χ2n) is 6.62. The molecule has 0 saturated carbocycles. The number of nitrogens with zero attached hydrogens (tertiary/aromatic N) is 3. The summed E-state index contributed by atoms with van der Waals surface area (Å²) in [7, 11) is 0. The summed E-state index contributed by atoms with van der Waals surface area (Å²) in [4.78, 5) is 30.6. The summed E-state index contributed by atoms with van der Waals surface area (Å²) in [5.41, 5.74) is 2.01. The van der Waals surface area contributed by atoms with Gasteiger partial charge in [0, 0.05) is 47.8 Å². The summed E-state index contributed by atoms with van der Waals surface area (Å²) >= 11 is 5.88. The maximum Gasteiger partial charge on any atom is 0.253 e. The van der Waals surface area contributed by atoms with Gasteiger partial charge in [-0.2, -0.15) is 4.98 Å². The number of halogens is 1. The molecule has 30 heavy (non-hydrogen) atoms. The van der Waals surface area contributed by atoms with Crippen molar-refractivity contribution in [3.8, 4) is 11.4 Å². The maximum atomic E-state index is 12.3. The van der Waals surface area contributed by atoms with Crippen LogP contribution in [0.4, 0.5) is 5.69 Å². The molecule has 3 rings (SSSR count). The largest absolute Gasteiger partial charge is 0.339 e. The minimum Gasteiger partial charge on any atom is -0.339 e. The predicted octanol–water partition coefficient (Wildman–Crippen LogP) is 4.44. The summed E-state index contributed by atoms with van der Waals surface area (Å²) in [6.45, 7) is 5.20. The Morgan fingerprint density at radius 3 is 2.33 bits per heavy atom. The smallest absolute Gasteiger partial charge is 0.253 e. The Morgan fingerprint density at radius 1 is 1.03 bits per heavy atom. The Bertz CT molecular complexity index is 996. The Kier molecular flexibility index (Phi) is 7.19. The Balaban J connectivity index is 1.52. The van der Waals surface area contributed by atoms with Crippen molar-refractivity contribution >= 4 is 29.1 Å². The second kappa shape index (κ2) is 10.0. The van der Waals surface area contributed by atoms with Gasteiger partial charge < -0.3 is 14.7 Å². The van der Waals surface area contributed by atoms with Gasteiger partial charge in [0.1, 0.15) is 0 Å². The lowest BCUT2D eigenvalue weighted by atomic mass is 10.1. The third-order valence-electron chi connectivity index (χ3n) is 4.60. The molecule has 0 bridgehead atoms. The molecule has 1 aromatic heterocycles. The molecule has 0 atom stereocenters. The minimum atomic E-state index is -0.177. The maximum absolute atomic E-state index is 12.3. The number of anilines is 1. The summed E-state index contributed by atoms with van der Waals surface area (Å²) in [6, 6.07) is 14.0. The van der Waals surface area contributed by atoms with Gasteiger partial charge in [0.05, 0.1) is 0 Å². The van der Waals surface area contributed by atoms with Crippen molar-refractivity contribution < 1.29 is 14.1 Å². The van der Waals surface area contributed by atoms with Crippen molar-refractivity contribution in [3.63, 3.8) is 0 Å². The number of carbonyl (C=O) groups is 2. The van der Waals surface area contributed by atoms with E-state index < -0.39 is 0 Å². The fourth-order valence-corrected chi connectivity index (χ4v) is 3.03. The number of rotatable bonds is 8. The zero-order valence-electron chi connectivity index (χ0n) is 16.9. The predicted molar refractivity (Wildman–Crippen MR) is 115 cm³/mol. The molecule has 0 aliphatic carbocycles. The molecule has 1 N–H and O–H groups in total. The van der Waals surface area contributed by atoms with E-state index in [1.165, 1.54) is 0 Å². The first kappa shape index (κ1) is 21.5. The van der Waals surface area contributed by atoms with Crippen LogP contribution in [0.15, 0.2) is 53.1 Å². The fraction of sp³-hybridized carbons (Fsp3) is 0.273. The molecule has 0 aliphatic heterocycles. The van der Waals surface area contributed by atoms with Crippen LogP contribution in [0.1, 0.15) is 36.5 Å². The normalized spacial score (nSPS) is 10.6. The van der Waals surface area contributed by atoms with Crippen LogP contribution in [0.5, 0.6) is 0 Å². The van der Waals surface area contributed by atoms with Crippen LogP contribution in [0.25, 0.3) is 11.4 Å². The van der Waals surface area contributed by atoms with Crippen LogP contribution >= 0.6 is 11.6 Å². The Hall–Kier alpha value is -3.19. The van der Waals surface area contributed by atoms with E-state index >= 15 is 0 Å². The lowest BCUT2D eigenvalue weighted by molar-refractivity contribution is -0.116. The monoisotopic (exact) mass is 426 g/mol. The van der Waals surface area contributed by atoms with E-state index in [1.54, 1.807) is 53.4 Å². The first-order chi connectivity index (χ1) is 14.5. The molecule has 0 radical (unpaired) electrons. The van der Waals surface area contributed by atoms with Crippen molar-refractivity contribution in [1.29, 1.82) is 0 Å². The zero-order valence-corrected chi connectivity index (χ0v) is 17.6. The first-order valence-corrected chi connectivity index (χ1v) is 10.2. The molecule has 0 saturated heterocycles. The average molecular weight is 427 g/mol. The number of aromatic nitrogens is 2. The third-order valence-corrected chi connectivity index (χ3v) is 4.85. The number of benzene rings is 2. The lowest BCUT2D eigenvalue weighted by Crippen LogP contribution is -2.30. The highest BCUT2D eigenvalue weighted by Crippen LogP contribution is 2.19. The van der Waals surface area contributed by atoms with E-state index in [4.69, 9.17) is 16.1 Å². The van der Waals surface area contributed by atoms with E-state index in [-0.39, 0.29) is 18.2 Å². The highest BCUT2D eigenvalue weighted by Gasteiger charge is 2.13. The van der Waals surface area contributed by atoms with Crippen LogP contribution in [-0.4, -0.2) is 39.9 Å². The van der Waals surface area contributed by atoms with Crippen molar-refractivity contribution in [2.75, 3.05) is 18.4 Å². The van der Waals surface area contributed by atoms with Gasteiger partial charge in [0.15, 0.2) is 0 Å². The minimum absolute atomic E-state index is 0.0224. The molecule has 0 aliphatic rings. The van der Waals surface area contributed by atoms with E-state index in [2.05, 4.69) is 15.5 Å². The van der Waals surface area contributed by atoms with Gasteiger partial charge in [-0.15, -0.1) is 0 Å². The Labute approximate surface area is 180 Å². The number of hydrogen-bond donors (Lipinski definition) is 1. The highest BCUT2D eigenvalue weighted by atomic mass is 35.5. The van der Waals surface area contributed by atoms with Crippen LogP contribution < -0.4 is 5.32 Å². The van der Waals surface area contributed by atoms with Gasteiger partial charge in [0.2, 0.25) is 17.6 Å². The summed E-state index contributed by atoms with van der Waals surface area (Å²) in [6.07, 6.45) is 0.521. The molecule has 156 valence electrons. The first-order valence-electron chi connectivity index (χ1n) is 9.77. The fourth-order valence-electron chi connectivity index (χ4n) is 2.91. The van der Waals surface area contributed by atoms with Gasteiger partial charge in [0.25, 0.3) is 5.91 Å². The van der Waals surface area contributed by atoms with Gasteiger partial charge >= 0.3 is 0 Å². The number of hydrogen-bond acceptors (Lipinski definition) is 5. The molecule has 1 heterocycles. The molecule has 2 amide bonds. The number of amides is 2. The zero-order chi connectivity index (χ0) is 21.5. The molecule has 0 fully saturated rings. The quantitative estimate of drug-likeness (QED) is 0.575. The third kappa shape index (κ3) is 5.45. The molecular formula is C22H23ClN4O3. The molecule has 0 spiro atoms. The van der Waals surface area contributed by atoms with Gasteiger partial charge in [-0.3, -0.25) is 9.59 Å². The van der Waals surface area contributed by atoms with Crippen molar-refractivity contribution in [1.82, 2.24) is 15.0 Å². The Morgan fingerprint density at radius 2 is 1.70 bits per heavy atom. The van der Waals surface area contributed by atoms with Crippen LogP contribution in [-0.2, 0) is 11.2 Å². The van der Waals surface area contributed by atoms with Gasteiger partial charge in [-0.1, -0.05) is 16.8 Å². The van der Waals surface area contributed by atoms with Gasteiger partial charge in [-0.25, -0.2) is 0 Å². The highest BCUT2D eigenvalue weighted by molar-refractivity contribution is 6.30. The average Bonchev–Trinajstić information content (AvgIpc) is 3.23. The van der Waals surface area contributed by atoms with E-state index in [9.17, 15) is 9.59 Å². The number of nitrogens with one attached hydrogen (secondary N) is 1. The molecule has 7 nitrogen and oxygen atoms in total. The molecule has 3 aromatic rings. The van der Waals surface area contributed by atoms with Crippen molar-refractivity contribution in [2.24, 2.45) is 0 Å². The molecule has 8 heteroatoms. The van der Waals surface area contributed by atoms with E-state index in [0.29, 0.717) is 47.5 Å². The summed E-state index contributed by atoms with van der Waals surface area (Å²) in [5, 5.41) is 7.38. The SMILES string of the molecule is CCN(CC)C(=O)c1ccc(NC(=O)CCc2nc(-c3ccc(Cl)cc3)no2)cc1. The lowest BCUT2D eigenvalue weighted by Gasteiger charge is -2.18. The standard InChI is InChI=1S/C22H23ClN4O3/c1-3-27(4-2)22(29)16-7-11-18(12-8-16)24-19(28)13-14-20-25-21(26-30-20)15-5-9-17(23)10-6-15/h5-12H,3-4,13-14H2,1-2H3,(H,24,28). The van der Waals surface area contributed by atoms with Crippen molar-refractivity contribution in [3.05, 3.63) is 65.0 Å². The number of carbonyl (C=O) groups excluding carboxylic acids is 2. The molecule has 2 aromatic carbocycles. The second-order valence-corrected chi connectivity index (χ2v) is 7.06. The molecule has 0 unspecified atom stereocenters. The summed E-state index contributed by atoms with van der Waals surface area (Å²) < 4.78 is 5.22. The van der Waals surface area contributed by atoms with Crippen LogP contribution in [0.3, 0.4) is 0 Å². The van der Waals surface area contributed by atoms with E-state index in [0.717, 1.165) is 5.56 Å². The van der Waals surface area contributed by atoms with Crippen LogP contribution in [0, 0.1) is 0 Å². The summed E-state index contributed by atoms with van der Waals surface area (Å²) in [5.74, 6) is 0.639. The topological polar surface area (TPSA) is 88.3 Å². The van der Waals surface area contributed by atoms with E-state index in [1.807, 2.05) is 13.8 Å². The number of aryl methyl sites for hydroxylation is 1.